The summed E-state index contributed by atoms with van der Waals surface area (Å²) in [5.74, 6) is 2.22. The number of nitrogens with one attached hydrogen (secondary N) is 2. The van der Waals surface area contributed by atoms with E-state index in [0.717, 1.165) is 18.1 Å². The minimum atomic E-state index is 0. The standard InChI is InChI=1S/C17H24ClN3O2.HI/c1-2-19-17(21-13-5-3-4-6-13)20-11-12-9-14(18)16-15(10-12)22-7-8-23-16;/h9-10,13H,2-8,11H2,1H3,(H2,19,20,21);1H. The topological polar surface area (TPSA) is 54.9 Å². The zero-order chi connectivity index (χ0) is 16.1. The molecule has 134 valence electrons. The number of hydrogen-bond acceptors (Lipinski definition) is 3. The second-order valence-corrected chi connectivity index (χ2v) is 6.33. The van der Waals surface area contributed by atoms with Crippen LogP contribution < -0.4 is 20.1 Å². The number of guanidine groups is 1. The van der Waals surface area contributed by atoms with E-state index in [4.69, 9.17) is 21.1 Å². The summed E-state index contributed by atoms with van der Waals surface area (Å²) in [5, 5.41) is 7.41. The monoisotopic (exact) mass is 465 g/mol. The number of ether oxygens (including phenoxy) is 2. The largest absolute Gasteiger partial charge is 0.486 e. The fourth-order valence-electron chi connectivity index (χ4n) is 3.01. The fourth-order valence-corrected chi connectivity index (χ4v) is 3.30. The minimum absolute atomic E-state index is 0. The Labute approximate surface area is 165 Å². The molecule has 0 aromatic heterocycles. The first-order valence-electron chi connectivity index (χ1n) is 8.39. The van der Waals surface area contributed by atoms with Gasteiger partial charge in [-0.2, -0.15) is 0 Å². The van der Waals surface area contributed by atoms with Crippen LogP contribution in [0.25, 0.3) is 0 Å². The van der Waals surface area contributed by atoms with E-state index in [0.29, 0.717) is 42.3 Å². The highest BCUT2D eigenvalue weighted by Crippen LogP contribution is 2.38. The van der Waals surface area contributed by atoms with Gasteiger partial charge in [-0.05, 0) is 37.5 Å². The van der Waals surface area contributed by atoms with Crippen molar-refractivity contribution in [2.45, 2.75) is 45.2 Å². The molecular weight excluding hydrogens is 441 g/mol. The first kappa shape index (κ1) is 19.4. The average Bonchev–Trinajstić information content (AvgIpc) is 3.06. The van der Waals surface area contributed by atoms with Crippen LogP contribution in [0, 0.1) is 0 Å². The number of hydrogen-bond donors (Lipinski definition) is 2. The van der Waals surface area contributed by atoms with Gasteiger partial charge in [-0.1, -0.05) is 24.4 Å². The summed E-state index contributed by atoms with van der Waals surface area (Å²) in [5.41, 5.74) is 1.02. The molecule has 1 fully saturated rings. The zero-order valence-electron chi connectivity index (χ0n) is 13.9. The van der Waals surface area contributed by atoms with Gasteiger partial charge in [0.15, 0.2) is 17.5 Å². The molecule has 7 heteroatoms. The van der Waals surface area contributed by atoms with E-state index in [1.54, 1.807) is 0 Å². The quantitative estimate of drug-likeness (QED) is 0.404. The summed E-state index contributed by atoms with van der Waals surface area (Å²) in [7, 11) is 0. The van der Waals surface area contributed by atoms with E-state index in [9.17, 15) is 0 Å². The maximum atomic E-state index is 6.28. The highest BCUT2D eigenvalue weighted by Gasteiger charge is 2.18. The Balaban J connectivity index is 0.00000208. The number of nitrogens with zero attached hydrogens (tertiary/aromatic N) is 1. The SMILES string of the molecule is CCNC(=NCc1cc(Cl)c2c(c1)OCCO2)NC1CCCC1.I. The third kappa shape index (κ3) is 5.05. The van der Waals surface area contributed by atoms with Gasteiger partial charge in [0, 0.05) is 12.6 Å². The van der Waals surface area contributed by atoms with E-state index in [1.165, 1.54) is 25.7 Å². The molecule has 2 aliphatic rings. The molecule has 1 aliphatic heterocycles. The second-order valence-electron chi connectivity index (χ2n) is 5.92. The molecule has 1 saturated carbocycles. The lowest BCUT2D eigenvalue weighted by molar-refractivity contribution is 0.171. The molecule has 1 aromatic carbocycles. The van der Waals surface area contributed by atoms with Crippen molar-refractivity contribution in [1.29, 1.82) is 0 Å². The van der Waals surface area contributed by atoms with Gasteiger partial charge < -0.3 is 20.1 Å². The van der Waals surface area contributed by atoms with Crippen molar-refractivity contribution in [2.24, 2.45) is 4.99 Å². The van der Waals surface area contributed by atoms with Gasteiger partial charge >= 0.3 is 0 Å². The number of fused-ring (bicyclic) bond motifs is 1. The lowest BCUT2D eigenvalue weighted by Crippen LogP contribution is -2.42. The van der Waals surface area contributed by atoms with Gasteiger partial charge in [0.05, 0.1) is 11.6 Å². The Morgan fingerprint density at radius 1 is 1.25 bits per heavy atom. The van der Waals surface area contributed by atoms with Gasteiger partial charge in [-0.3, -0.25) is 0 Å². The predicted octanol–water partition coefficient (Wildman–Crippen LogP) is 3.73. The lowest BCUT2D eigenvalue weighted by atomic mass is 10.2. The van der Waals surface area contributed by atoms with Crippen molar-refractivity contribution in [3.8, 4) is 11.5 Å². The summed E-state index contributed by atoms with van der Waals surface area (Å²) in [6, 6.07) is 4.40. The van der Waals surface area contributed by atoms with Crippen molar-refractivity contribution in [3.63, 3.8) is 0 Å². The van der Waals surface area contributed by atoms with Crippen LogP contribution in [0.3, 0.4) is 0 Å². The predicted molar refractivity (Wildman–Crippen MR) is 108 cm³/mol. The molecular formula is C17H25ClIN3O2. The molecule has 0 amide bonds. The molecule has 1 aromatic rings. The van der Waals surface area contributed by atoms with Crippen LogP contribution >= 0.6 is 35.6 Å². The molecule has 1 heterocycles. The van der Waals surface area contributed by atoms with E-state index < -0.39 is 0 Å². The molecule has 3 rings (SSSR count). The Kier molecular flexibility index (Phi) is 7.74. The van der Waals surface area contributed by atoms with Gasteiger partial charge in [0.25, 0.3) is 0 Å². The van der Waals surface area contributed by atoms with Gasteiger partial charge in [-0.15, -0.1) is 24.0 Å². The number of rotatable bonds is 4. The maximum absolute atomic E-state index is 6.28. The number of benzene rings is 1. The highest BCUT2D eigenvalue weighted by molar-refractivity contribution is 14.0. The maximum Gasteiger partial charge on any atom is 0.191 e. The van der Waals surface area contributed by atoms with Gasteiger partial charge in [0.2, 0.25) is 0 Å². The van der Waals surface area contributed by atoms with Crippen LogP contribution in [-0.4, -0.2) is 31.8 Å². The van der Waals surface area contributed by atoms with Crippen LogP contribution in [0.15, 0.2) is 17.1 Å². The third-order valence-electron chi connectivity index (χ3n) is 4.12. The Bertz CT molecular complexity index is 577. The van der Waals surface area contributed by atoms with Crippen LogP contribution in [0.2, 0.25) is 5.02 Å². The summed E-state index contributed by atoms with van der Waals surface area (Å²) >= 11 is 6.28. The van der Waals surface area contributed by atoms with Gasteiger partial charge in [0.1, 0.15) is 13.2 Å². The summed E-state index contributed by atoms with van der Waals surface area (Å²) in [6.07, 6.45) is 5.05. The van der Waals surface area contributed by atoms with Crippen LogP contribution in [0.4, 0.5) is 0 Å². The van der Waals surface area contributed by atoms with Gasteiger partial charge in [-0.25, -0.2) is 4.99 Å². The van der Waals surface area contributed by atoms with Crippen molar-refractivity contribution < 1.29 is 9.47 Å². The van der Waals surface area contributed by atoms with E-state index in [1.807, 2.05) is 12.1 Å². The number of halogens is 2. The first-order valence-corrected chi connectivity index (χ1v) is 8.77. The molecule has 2 N–H and O–H groups in total. The van der Waals surface area contributed by atoms with E-state index in [-0.39, 0.29) is 24.0 Å². The molecule has 5 nitrogen and oxygen atoms in total. The van der Waals surface area contributed by atoms with Crippen LogP contribution in [-0.2, 0) is 6.54 Å². The smallest absolute Gasteiger partial charge is 0.191 e. The van der Waals surface area contributed by atoms with Crippen molar-refractivity contribution in [1.82, 2.24) is 10.6 Å². The fraction of sp³-hybridized carbons (Fsp3) is 0.588. The summed E-state index contributed by atoms with van der Waals surface area (Å²) < 4.78 is 11.2. The second kappa shape index (κ2) is 9.56. The molecule has 24 heavy (non-hydrogen) atoms. The molecule has 0 saturated heterocycles. The minimum Gasteiger partial charge on any atom is -0.486 e. The Morgan fingerprint density at radius 2 is 2.00 bits per heavy atom. The lowest BCUT2D eigenvalue weighted by Gasteiger charge is -2.20. The molecule has 0 spiro atoms. The molecule has 0 radical (unpaired) electrons. The number of aliphatic imine (C=N–C) groups is 1. The Hall–Kier alpha value is -0.890. The van der Waals surface area contributed by atoms with E-state index in [2.05, 4.69) is 22.5 Å². The zero-order valence-corrected chi connectivity index (χ0v) is 17.0. The summed E-state index contributed by atoms with van der Waals surface area (Å²) in [6.45, 7) is 4.58. The average molecular weight is 466 g/mol. The molecule has 0 atom stereocenters. The normalized spacial score (nSPS) is 17.3. The van der Waals surface area contributed by atoms with Crippen molar-refractivity contribution in [2.75, 3.05) is 19.8 Å². The highest BCUT2D eigenvalue weighted by atomic mass is 127. The first-order chi connectivity index (χ1) is 11.3. The van der Waals surface area contributed by atoms with Crippen LogP contribution in [0.1, 0.15) is 38.2 Å². The third-order valence-corrected chi connectivity index (χ3v) is 4.40. The Morgan fingerprint density at radius 3 is 2.75 bits per heavy atom. The van der Waals surface area contributed by atoms with Crippen molar-refractivity contribution >= 4 is 41.5 Å². The van der Waals surface area contributed by atoms with E-state index >= 15 is 0 Å². The van der Waals surface area contributed by atoms with Crippen LogP contribution in [0.5, 0.6) is 11.5 Å². The van der Waals surface area contributed by atoms with Crippen molar-refractivity contribution in [3.05, 3.63) is 22.7 Å². The molecule has 1 aliphatic carbocycles. The summed E-state index contributed by atoms with van der Waals surface area (Å²) in [4.78, 5) is 4.68. The molecule has 0 bridgehead atoms. The molecule has 0 unspecified atom stereocenters.